The quantitative estimate of drug-likeness (QED) is 0.537. The number of fused-ring (bicyclic) bond motifs is 3. The van der Waals surface area contributed by atoms with Crippen LogP contribution in [0.25, 0.3) is 22.2 Å². The summed E-state index contributed by atoms with van der Waals surface area (Å²) in [5, 5.41) is 4.39. The highest BCUT2D eigenvalue weighted by Gasteiger charge is 2.39. The highest BCUT2D eigenvalue weighted by molar-refractivity contribution is 9.10. The summed E-state index contributed by atoms with van der Waals surface area (Å²) in [6, 6.07) is 17.9. The molecule has 2 aliphatic heterocycles. The first-order valence-corrected chi connectivity index (χ1v) is 11.2. The number of carbonyl (C=O) groups is 1. The Balaban J connectivity index is 0.00000218. The molecule has 2 aromatic carbocycles. The minimum Gasteiger partial charge on any atom is -0.349 e. The smallest absolute Gasteiger partial charge is 0.254 e. The third-order valence-electron chi connectivity index (χ3n) is 6.87. The number of halogens is 2. The third kappa shape index (κ3) is 3.57. The van der Waals surface area contributed by atoms with E-state index in [-0.39, 0.29) is 24.4 Å². The average molecular weight is 489 g/mol. The van der Waals surface area contributed by atoms with E-state index in [4.69, 9.17) is 0 Å². The molecule has 4 nitrogen and oxygen atoms in total. The molecule has 30 heavy (non-hydrogen) atoms. The number of piperidine rings is 1. The molecule has 0 unspecified atom stereocenters. The van der Waals surface area contributed by atoms with Gasteiger partial charge in [-0.15, -0.1) is 12.4 Å². The number of benzene rings is 2. The van der Waals surface area contributed by atoms with E-state index in [0.717, 1.165) is 45.0 Å². The summed E-state index contributed by atoms with van der Waals surface area (Å²) in [5.74, 6) is 0.0431. The van der Waals surface area contributed by atoms with E-state index in [1.165, 1.54) is 12.8 Å². The predicted molar refractivity (Wildman–Crippen MR) is 128 cm³/mol. The number of nitrogens with zero attached hydrogens (tertiary/aromatic N) is 2. The zero-order chi connectivity index (χ0) is 20.1. The first kappa shape index (κ1) is 21.4. The summed E-state index contributed by atoms with van der Waals surface area (Å²) in [6.07, 6.45) is 4.61. The van der Waals surface area contributed by atoms with Gasteiger partial charge in [0, 0.05) is 40.5 Å². The van der Waals surface area contributed by atoms with Crippen molar-refractivity contribution >= 4 is 45.1 Å². The zero-order valence-corrected chi connectivity index (χ0v) is 19.7. The van der Waals surface area contributed by atoms with Crippen molar-refractivity contribution < 1.29 is 4.79 Å². The van der Waals surface area contributed by atoms with Gasteiger partial charge >= 0.3 is 0 Å². The predicted octanol–water partition coefficient (Wildman–Crippen LogP) is 5.38. The molecule has 3 heterocycles. The molecular weight excluding hydrogens is 462 g/mol. The summed E-state index contributed by atoms with van der Waals surface area (Å²) in [7, 11) is 4.28. The van der Waals surface area contributed by atoms with Crippen LogP contribution in [0.2, 0.25) is 0 Å². The Morgan fingerprint density at radius 2 is 1.70 bits per heavy atom. The Labute approximate surface area is 192 Å². The van der Waals surface area contributed by atoms with Crippen molar-refractivity contribution in [1.82, 2.24) is 14.8 Å². The number of nitrogens with one attached hydrogen (secondary N) is 1. The van der Waals surface area contributed by atoms with Gasteiger partial charge in [-0.1, -0.05) is 46.3 Å². The van der Waals surface area contributed by atoms with Crippen molar-refractivity contribution in [2.75, 3.05) is 7.05 Å². The van der Waals surface area contributed by atoms with Gasteiger partial charge < -0.3 is 14.8 Å². The number of rotatable bonds is 3. The Bertz CT molecular complexity index is 1070. The van der Waals surface area contributed by atoms with Crippen molar-refractivity contribution in [3.8, 4) is 11.3 Å². The molecule has 0 spiro atoms. The summed E-state index contributed by atoms with van der Waals surface area (Å²) < 4.78 is 3.13. The Kier molecular flexibility index (Phi) is 5.97. The van der Waals surface area contributed by atoms with E-state index in [1.807, 2.05) is 31.3 Å². The van der Waals surface area contributed by atoms with Crippen LogP contribution in [0, 0.1) is 0 Å². The molecule has 1 N–H and O–H groups in total. The molecule has 5 rings (SSSR count). The molecule has 2 bridgehead atoms. The topological polar surface area (TPSA) is 37.3 Å². The molecule has 1 aromatic heterocycles. The molecule has 158 valence electrons. The van der Waals surface area contributed by atoms with Gasteiger partial charge in [-0.05, 0) is 56.5 Å². The van der Waals surface area contributed by atoms with E-state index in [0.29, 0.717) is 12.1 Å². The number of aromatic nitrogens is 1. The lowest BCUT2D eigenvalue weighted by Gasteiger charge is -2.36. The zero-order valence-electron chi connectivity index (χ0n) is 17.3. The maximum Gasteiger partial charge on any atom is 0.254 e. The molecule has 2 saturated heterocycles. The van der Waals surface area contributed by atoms with Crippen LogP contribution in [0.3, 0.4) is 0 Å². The number of hydrogen-bond donors (Lipinski definition) is 1. The molecule has 6 heteroatoms. The van der Waals surface area contributed by atoms with Crippen molar-refractivity contribution in [3.63, 3.8) is 0 Å². The van der Waals surface area contributed by atoms with Crippen molar-refractivity contribution in [2.45, 2.75) is 43.8 Å². The number of carbonyl (C=O) groups excluding carboxylic acids is 1. The van der Waals surface area contributed by atoms with Gasteiger partial charge in [-0.3, -0.25) is 4.79 Å². The Morgan fingerprint density at radius 1 is 1.03 bits per heavy atom. The van der Waals surface area contributed by atoms with Crippen molar-refractivity contribution in [2.24, 2.45) is 7.05 Å². The van der Waals surface area contributed by atoms with Crippen LogP contribution in [0.15, 0.2) is 53.0 Å². The fourth-order valence-corrected chi connectivity index (χ4v) is 5.73. The molecule has 2 aliphatic rings. The minimum absolute atomic E-state index is 0. The molecular formula is C24H27BrClN3O. The van der Waals surface area contributed by atoms with Crippen LogP contribution < -0.4 is 5.32 Å². The largest absolute Gasteiger partial charge is 0.349 e. The van der Waals surface area contributed by atoms with E-state index in [2.05, 4.69) is 62.0 Å². The van der Waals surface area contributed by atoms with E-state index < -0.39 is 0 Å². The highest BCUT2D eigenvalue weighted by Crippen LogP contribution is 2.37. The van der Waals surface area contributed by atoms with Crippen LogP contribution in [0.1, 0.15) is 36.0 Å². The van der Waals surface area contributed by atoms with Gasteiger partial charge in [-0.25, -0.2) is 0 Å². The van der Waals surface area contributed by atoms with Crippen LogP contribution in [0.4, 0.5) is 0 Å². The molecule has 0 radical (unpaired) electrons. The summed E-state index contributed by atoms with van der Waals surface area (Å²) in [5.41, 5.74) is 3.89. The SMILES string of the molecule is CN1[C@@H]2CC[C@H]1C[C@@H](NC(=O)c1c(-c3ccccc3)n(C)c3ccc(Br)cc13)C2.Cl. The van der Waals surface area contributed by atoms with Crippen molar-refractivity contribution in [3.05, 3.63) is 58.6 Å². The standard InChI is InChI=1S/C24H26BrN3O.ClH/c1-27-18-9-10-19(27)14-17(13-18)26-24(29)22-20-12-16(25)8-11-21(20)28(2)23(22)15-6-4-3-5-7-15;/h3-8,11-12,17-19H,9-10,13-14H2,1-2H3,(H,26,29);1H/t17-,18+,19-;. The van der Waals surface area contributed by atoms with Crippen LogP contribution in [-0.2, 0) is 7.05 Å². The fourth-order valence-electron chi connectivity index (χ4n) is 5.37. The van der Waals surface area contributed by atoms with Crippen molar-refractivity contribution in [1.29, 1.82) is 0 Å². The first-order valence-electron chi connectivity index (χ1n) is 10.4. The summed E-state index contributed by atoms with van der Waals surface area (Å²) >= 11 is 3.59. The molecule has 0 saturated carbocycles. The maximum absolute atomic E-state index is 13.6. The molecule has 3 aromatic rings. The molecule has 3 atom stereocenters. The maximum atomic E-state index is 13.6. The average Bonchev–Trinajstić information content (AvgIpc) is 3.09. The lowest BCUT2D eigenvalue weighted by atomic mass is 9.97. The second-order valence-electron chi connectivity index (χ2n) is 8.50. The fraction of sp³-hybridized carbons (Fsp3) is 0.375. The highest BCUT2D eigenvalue weighted by atomic mass is 79.9. The number of aryl methyl sites for hydroxylation is 1. The lowest BCUT2D eigenvalue weighted by Crippen LogP contribution is -2.48. The minimum atomic E-state index is 0. The summed E-state index contributed by atoms with van der Waals surface area (Å²) in [4.78, 5) is 16.1. The van der Waals surface area contributed by atoms with Crippen LogP contribution >= 0.6 is 28.3 Å². The lowest BCUT2D eigenvalue weighted by molar-refractivity contribution is 0.0884. The third-order valence-corrected chi connectivity index (χ3v) is 7.36. The normalized spacial score (nSPS) is 23.4. The van der Waals surface area contributed by atoms with Gasteiger partial charge in [-0.2, -0.15) is 0 Å². The summed E-state index contributed by atoms with van der Waals surface area (Å²) in [6.45, 7) is 0. The van der Waals surface area contributed by atoms with Gasteiger partial charge in [0.15, 0.2) is 0 Å². The van der Waals surface area contributed by atoms with Gasteiger partial charge in [0.2, 0.25) is 0 Å². The molecule has 0 aliphatic carbocycles. The Hall–Kier alpha value is -1.82. The van der Waals surface area contributed by atoms with Crippen LogP contribution in [0.5, 0.6) is 0 Å². The second kappa shape index (κ2) is 8.37. The van der Waals surface area contributed by atoms with Gasteiger partial charge in [0.1, 0.15) is 0 Å². The Morgan fingerprint density at radius 3 is 2.37 bits per heavy atom. The second-order valence-corrected chi connectivity index (χ2v) is 9.42. The van der Waals surface area contributed by atoms with Gasteiger partial charge in [0.25, 0.3) is 5.91 Å². The van der Waals surface area contributed by atoms with E-state index in [1.54, 1.807) is 0 Å². The van der Waals surface area contributed by atoms with Gasteiger partial charge in [0.05, 0.1) is 11.3 Å². The monoisotopic (exact) mass is 487 g/mol. The molecule has 2 fully saturated rings. The van der Waals surface area contributed by atoms with E-state index in [9.17, 15) is 4.79 Å². The number of hydrogen-bond acceptors (Lipinski definition) is 2. The first-order chi connectivity index (χ1) is 14.0. The van der Waals surface area contributed by atoms with Crippen LogP contribution in [-0.4, -0.2) is 40.5 Å². The van der Waals surface area contributed by atoms with E-state index >= 15 is 0 Å². The number of amides is 1. The molecule has 1 amide bonds.